The van der Waals surface area contributed by atoms with E-state index in [9.17, 15) is 31.2 Å². The average Bonchev–Trinajstić information content (AvgIpc) is 3.27. The molecule has 0 spiro atoms. The van der Waals surface area contributed by atoms with Crippen molar-refractivity contribution in [1.82, 2.24) is 30.0 Å². The number of ether oxygens (including phenoxy) is 1. The predicted octanol–water partition coefficient (Wildman–Crippen LogP) is 1.76. The summed E-state index contributed by atoms with van der Waals surface area (Å²) in [6.07, 6.45) is -0.617. The van der Waals surface area contributed by atoms with Crippen LogP contribution in [0.3, 0.4) is 0 Å². The number of halogens is 3. The zero-order chi connectivity index (χ0) is 25.3. The molecule has 0 radical (unpaired) electrons. The number of nitrogens with zero attached hydrogens (tertiary/aromatic N) is 5. The van der Waals surface area contributed by atoms with E-state index in [2.05, 4.69) is 30.1 Å². The number of aromatic nitrogens is 5. The first-order valence-electron chi connectivity index (χ1n) is 9.35. The molecule has 3 rings (SSSR count). The van der Waals surface area contributed by atoms with Gasteiger partial charge in [0.25, 0.3) is 5.91 Å². The Labute approximate surface area is 190 Å². The van der Waals surface area contributed by atoms with Crippen molar-refractivity contribution in [3.05, 3.63) is 59.6 Å². The van der Waals surface area contributed by atoms with Crippen LogP contribution in [0.4, 0.5) is 13.2 Å². The highest BCUT2D eigenvalue weighted by Crippen LogP contribution is 2.32. The third kappa shape index (κ3) is 5.36. The molecule has 1 atom stereocenters. The van der Waals surface area contributed by atoms with Crippen LogP contribution >= 0.6 is 0 Å². The number of alkyl halides is 3. The minimum Gasteiger partial charge on any atom is -0.464 e. The highest BCUT2D eigenvalue weighted by molar-refractivity contribution is 7.90. The number of benzene rings is 1. The highest BCUT2D eigenvalue weighted by atomic mass is 32.2. The van der Waals surface area contributed by atoms with Crippen LogP contribution < -0.4 is 5.32 Å². The summed E-state index contributed by atoms with van der Waals surface area (Å²) >= 11 is 0. The number of carbonyl (C=O) groups is 2. The Morgan fingerprint density at radius 3 is 2.38 bits per heavy atom. The first-order chi connectivity index (χ1) is 15.8. The molecule has 1 aromatic carbocycles. The Morgan fingerprint density at radius 2 is 1.82 bits per heavy atom. The number of hydrogen-bond acceptors (Lipinski definition) is 9. The van der Waals surface area contributed by atoms with E-state index in [4.69, 9.17) is 0 Å². The third-order valence-electron chi connectivity index (χ3n) is 4.48. The molecular formula is C19H17F3N6O5S. The van der Waals surface area contributed by atoms with Crippen LogP contribution in [0.15, 0.2) is 41.8 Å². The highest BCUT2D eigenvalue weighted by Gasteiger charge is 2.33. The summed E-state index contributed by atoms with van der Waals surface area (Å²) in [6.45, 7) is 1.49. The first-order valence-corrected chi connectivity index (χ1v) is 11.2. The maximum Gasteiger partial charge on any atom is 0.416 e. The fraction of sp³-hybridized carbons (Fsp3) is 0.263. The van der Waals surface area contributed by atoms with Crippen LogP contribution in [0, 0.1) is 0 Å². The van der Waals surface area contributed by atoms with E-state index in [1.165, 1.54) is 24.9 Å². The van der Waals surface area contributed by atoms with Crippen molar-refractivity contribution in [2.24, 2.45) is 0 Å². The molecule has 15 heteroatoms. The number of carbonyl (C=O) groups excluding carboxylic acids is 2. The Kier molecular flexibility index (Phi) is 6.67. The van der Waals surface area contributed by atoms with Crippen molar-refractivity contribution in [3.8, 4) is 5.82 Å². The zero-order valence-corrected chi connectivity index (χ0v) is 18.7. The lowest BCUT2D eigenvalue weighted by Crippen LogP contribution is -2.29. The van der Waals surface area contributed by atoms with Crippen LogP contribution in [-0.4, -0.2) is 58.4 Å². The summed E-state index contributed by atoms with van der Waals surface area (Å²) in [7, 11) is -2.84. The monoisotopic (exact) mass is 498 g/mol. The predicted molar refractivity (Wildman–Crippen MR) is 109 cm³/mol. The molecule has 0 bridgehead atoms. The molecule has 0 unspecified atom stereocenters. The number of hydrogen-bond donors (Lipinski definition) is 1. The van der Waals surface area contributed by atoms with Gasteiger partial charge in [0, 0.05) is 11.8 Å². The third-order valence-corrected chi connectivity index (χ3v) is 5.57. The van der Waals surface area contributed by atoms with E-state index in [1.54, 1.807) is 0 Å². The zero-order valence-electron chi connectivity index (χ0n) is 17.9. The quantitative estimate of drug-likeness (QED) is 0.502. The second kappa shape index (κ2) is 9.17. The van der Waals surface area contributed by atoms with Gasteiger partial charge in [-0.25, -0.2) is 28.2 Å². The molecule has 0 aliphatic rings. The molecule has 0 saturated heterocycles. The van der Waals surface area contributed by atoms with Crippen LogP contribution in [-0.2, 0) is 20.8 Å². The van der Waals surface area contributed by atoms with Crippen molar-refractivity contribution >= 4 is 21.7 Å². The summed E-state index contributed by atoms with van der Waals surface area (Å²) in [5.74, 6) is -1.39. The second-order valence-corrected chi connectivity index (χ2v) is 9.01. The molecule has 3 aromatic rings. The van der Waals surface area contributed by atoms with Crippen molar-refractivity contribution in [1.29, 1.82) is 0 Å². The molecule has 11 nitrogen and oxygen atoms in total. The van der Waals surface area contributed by atoms with Crippen molar-refractivity contribution in [3.63, 3.8) is 0 Å². The van der Waals surface area contributed by atoms with Gasteiger partial charge in [-0.3, -0.25) is 4.79 Å². The number of methoxy groups -OCH3 is 1. The molecule has 180 valence electrons. The van der Waals surface area contributed by atoms with E-state index in [0.717, 1.165) is 24.8 Å². The molecule has 1 amide bonds. The van der Waals surface area contributed by atoms with Gasteiger partial charge in [-0.15, -0.1) is 0 Å². The van der Waals surface area contributed by atoms with Gasteiger partial charge in [-0.1, -0.05) is 0 Å². The summed E-state index contributed by atoms with van der Waals surface area (Å²) < 4.78 is 69.1. The fourth-order valence-corrected chi connectivity index (χ4v) is 3.50. The number of amides is 1. The van der Waals surface area contributed by atoms with Gasteiger partial charge >= 0.3 is 12.1 Å². The molecule has 2 heterocycles. The number of sulfone groups is 1. The molecule has 0 aliphatic heterocycles. The molecule has 1 N–H and O–H groups in total. The summed E-state index contributed by atoms with van der Waals surface area (Å²) in [5, 5.41) is 6.44. The van der Waals surface area contributed by atoms with E-state index in [-0.39, 0.29) is 17.3 Å². The molecular weight excluding hydrogens is 481 g/mol. The standard InChI is InChI=1S/C19H17F3N6O5S/c1-10(16-25-9-26-28(16)15-8-23-14(7-24-15)18(30)33-2)27-17(29)11-4-12(19(20,21)22)6-13(5-11)34(3,31)32/h4-10H,1-3H3,(H,27,29)/t10-/m0/s1. The molecule has 2 aromatic heterocycles. The summed E-state index contributed by atoms with van der Waals surface area (Å²) in [5.41, 5.74) is -1.84. The minimum absolute atomic E-state index is 0.0551. The normalized spacial score (nSPS) is 12.8. The lowest BCUT2D eigenvalue weighted by atomic mass is 10.1. The molecule has 0 fully saturated rings. The number of esters is 1. The Morgan fingerprint density at radius 1 is 1.12 bits per heavy atom. The topological polar surface area (TPSA) is 146 Å². The lowest BCUT2D eigenvalue weighted by Gasteiger charge is -2.16. The van der Waals surface area contributed by atoms with E-state index < -0.39 is 50.0 Å². The number of nitrogens with one attached hydrogen (secondary N) is 1. The van der Waals surface area contributed by atoms with Gasteiger partial charge < -0.3 is 10.1 Å². The largest absolute Gasteiger partial charge is 0.464 e. The maximum absolute atomic E-state index is 13.2. The lowest BCUT2D eigenvalue weighted by molar-refractivity contribution is -0.137. The van der Waals surface area contributed by atoms with Gasteiger partial charge in [0.2, 0.25) is 0 Å². The Balaban J connectivity index is 1.89. The molecule has 34 heavy (non-hydrogen) atoms. The second-order valence-electron chi connectivity index (χ2n) is 6.99. The van der Waals surface area contributed by atoms with Crippen LogP contribution in [0.25, 0.3) is 5.82 Å². The van der Waals surface area contributed by atoms with Crippen molar-refractivity contribution < 1.29 is 35.9 Å². The van der Waals surface area contributed by atoms with E-state index in [1.807, 2.05) is 0 Å². The Hall–Kier alpha value is -3.88. The number of rotatable bonds is 6. The van der Waals surface area contributed by atoms with Gasteiger partial charge in [0.1, 0.15) is 6.33 Å². The first kappa shape index (κ1) is 24.8. The summed E-state index contributed by atoms with van der Waals surface area (Å²) in [4.78, 5) is 35.5. The Bertz CT molecular complexity index is 1340. The summed E-state index contributed by atoms with van der Waals surface area (Å²) in [6, 6.07) is 0.976. The maximum atomic E-state index is 13.2. The average molecular weight is 498 g/mol. The van der Waals surface area contributed by atoms with Crippen molar-refractivity contribution in [2.75, 3.05) is 13.4 Å². The van der Waals surface area contributed by atoms with Gasteiger partial charge in [-0.2, -0.15) is 23.0 Å². The van der Waals surface area contributed by atoms with Gasteiger partial charge in [-0.05, 0) is 25.1 Å². The minimum atomic E-state index is -4.86. The van der Waals surface area contributed by atoms with Gasteiger partial charge in [0.05, 0.1) is 36.0 Å². The van der Waals surface area contributed by atoms with E-state index in [0.29, 0.717) is 12.1 Å². The van der Waals surface area contributed by atoms with Crippen molar-refractivity contribution in [2.45, 2.75) is 24.0 Å². The van der Waals surface area contributed by atoms with Crippen LogP contribution in [0.5, 0.6) is 0 Å². The van der Waals surface area contributed by atoms with Crippen LogP contribution in [0.1, 0.15) is 45.2 Å². The molecule has 0 saturated carbocycles. The SMILES string of the molecule is COC(=O)c1cnc(-n2ncnc2[C@H](C)NC(=O)c2cc(C(F)(F)F)cc(S(C)(=O)=O)c2)cn1. The fourth-order valence-electron chi connectivity index (χ4n) is 2.82. The van der Waals surface area contributed by atoms with Crippen LogP contribution in [0.2, 0.25) is 0 Å². The molecule has 0 aliphatic carbocycles. The van der Waals surface area contributed by atoms with Gasteiger partial charge in [0.15, 0.2) is 27.2 Å². The smallest absolute Gasteiger partial charge is 0.416 e. The van der Waals surface area contributed by atoms with E-state index >= 15 is 0 Å².